The van der Waals surface area contributed by atoms with E-state index in [-0.39, 0.29) is 11.8 Å². The number of carbonyl (C=O) groups is 2. The zero-order valence-corrected chi connectivity index (χ0v) is 12.2. The summed E-state index contributed by atoms with van der Waals surface area (Å²) in [5, 5.41) is 2.95. The summed E-state index contributed by atoms with van der Waals surface area (Å²) in [5.74, 6) is 0.0519. The van der Waals surface area contributed by atoms with Gasteiger partial charge >= 0.3 is 0 Å². The van der Waals surface area contributed by atoms with Crippen molar-refractivity contribution in [2.75, 3.05) is 6.54 Å². The van der Waals surface area contributed by atoms with Gasteiger partial charge in [-0.25, -0.2) is 0 Å². The molecule has 1 aliphatic rings. The van der Waals surface area contributed by atoms with Crippen LogP contribution in [-0.4, -0.2) is 29.3 Å². The summed E-state index contributed by atoms with van der Waals surface area (Å²) in [5.41, 5.74) is 2.30. The molecule has 0 aromatic heterocycles. The van der Waals surface area contributed by atoms with Crippen molar-refractivity contribution < 1.29 is 9.59 Å². The Bertz CT molecular complexity index is 495. The van der Waals surface area contributed by atoms with Crippen molar-refractivity contribution in [3.05, 3.63) is 35.4 Å². The lowest BCUT2D eigenvalue weighted by molar-refractivity contribution is -0.130. The van der Waals surface area contributed by atoms with Gasteiger partial charge in [-0.3, -0.25) is 9.59 Å². The van der Waals surface area contributed by atoms with E-state index < -0.39 is 0 Å². The maximum Gasteiger partial charge on any atom is 0.221 e. The predicted molar refractivity (Wildman–Crippen MR) is 78.1 cm³/mol. The summed E-state index contributed by atoms with van der Waals surface area (Å²) in [6.07, 6.45) is 2.55. The Labute approximate surface area is 120 Å². The molecule has 1 saturated carbocycles. The largest absolute Gasteiger partial charge is 0.353 e. The van der Waals surface area contributed by atoms with Crippen LogP contribution in [0.2, 0.25) is 0 Å². The number of nitrogens with zero attached hydrogens (tertiary/aromatic N) is 1. The van der Waals surface area contributed by atoms with E-state index in [2.05, 4.69) is 5.32 Å². The highest BCUT2D eigenvalue weighted by Gasteiger charge is 2.23. The van der Waals surface area contributed by atoms with Crippen LogP contribution < -0.4 is 5.32 Å². The second kappa shape index (κ2) is 6.55. The van der Waals surface area contributed by atoms with Crippen molar-refractivity contribution in [1.82, 2.24) is 10.2 Å². The van der Waals surface area contributed by atoms with Gasteiger partial charge in [-0.1, -0.05) is 24.3 Å². The lowest BCUT2D eigenvalue weighted by Gasteiger charge is -2.22. The standard InChI is InChI=1S/C16H22N2O2/c1-12-5-3-4-6-14(12)11-18(13(2)19)10-9-16(20)17-15-7-8-15/h3-6,15H,7-11H2,1-2H3,(H,17,20). The number of hydrogen-bond donors (Lipinski definition) is 1. The van der Waals surface area contributed by atoms with E-state index in [0.717, 1.165) is 18.4 Å². The van der Waals surface area contributed by atoms with Gasteiger partial charge in [0, 0.05) is 32.5 Å². The molecule has 108 valence electrons. The minimum absolute atomic E-state index is 0.00692. The first-order valence-electron chi connectivity index (χ1n) is 7.15. The van der Waals surface area contributed by atoms with Crippen LogP contribution in [0.25, 0.3) is 0 Å². The van der Waals surface area contributed by atoms with E-state index in [9.17, 15) is 9.59 Å². The van der Waals surface area contributed by atoms with Crippen molar-refractivity contribution >= 4 is 11.8 Å². The van der Waals surface area contributed by atoms with E-state index >= 15 is 0 Å². The van der Waals surface area contributed by atoms with Crippen LogP contribution >= 0.6 is 0 Å². The van der Waals surface area contributed by atoms with Crippen molar-refractivity contribution in [3.63, 3.8) is 0 Å². The SMILES string of the molecule is CC(=O)N(CCC(=O)NC1CC1)Cc1ccccc1C. The summed E-state index contributed by atoms with van der Waals surface area (Å²) in [4.78, 5) is 25.1. The fraction of sp³-hybridized carbons (Fsp3) is 0.500. The third kappa shape index (κ3) is 4.37. The highest BCUT2D eigenvalue weighted by Crippen LogP contribution is 2.18. The van der Waals surface area contributed by atoms with Gasteiger partial charge in [-0.15, -0.1) is 0 Å². The molecule has 0 saturated heterocycles. The third-order valence-electron chi connectivity index (χ3n) is 3.62. The van der Waals surface area contributed by atoms with Crippen LogP contribution in [0.5, 0.6) is 0 Å². The number of nitrogens with one attached hydrogen (secondary N) is 1. The van der Waals surface area contributed by atoms with Gasteiger partial charge in [0.2, 0.25) is 11.8 Å². The number of benzene rings is 1. The molecule has 1 fully saturated rings. The molecule has 1 N–H and O–H groups in total. The molecule has 4 heteroatoms. The molecule has 0 radical (unpaired) electrons. The number of aryl methyl sites for hydroxylation is 1. The second-order valence-electron chi connectivity index (χ2n) is 5.46. The van der Waals surface area contributed by atoms with Gasteiger partial charge in [-0.2, -0.15) is 0 Å². The average Bonchev–Trinajstić information content (AvgIpc) is 3.20. The normalized spacial score (nSPS) is 13.9. The topological polar surface area (TPSA) is 49.4 Å². The molecule has 2 amide bonds. The first-order chi connectivity index (χ1) is 9.56. The molecule has 1 aromatic rings. The monoisotopic (exact) mass is 274 g/mol. The molecule has 1 aliphatic carbocycles. The maximum absolute atomic E-state index is 11.7. The average molecular weight is 274 g/mol. The van der Waals surface area contributed by atoms with E-state index in [1.807, 2.05) is 31.2 Å². The molecule has 0 bridgehead atoms. The molecule has 2 rings (SSSR count). The summed E-state index contributed by atoms with van der Waals surface area (Å²) >= 11 is 0. The van der Waals surface area contributed by atoms with Crippen molar-refractivity contribution in [1.29, 1.82) is 0 Å². The van der Waals surface area contributed by atoms with E-state index in [1.165, 1.54) is 5.56 Å². The maximum atomic E-state index is 11.7. The van der Waals surface area contributed by atoms with Crippen LogP contribution in [0.3, 0.4) is 0 Å². The molecule has 0 unspecified atom stereocenters. The van der Waals surface area contributed by atoms with Gasteiger partial charge in [-0.05, 0) is 30.9 Å². The Morgan fingerprint density at radius 2 is 2.00 bits per heavy atom. The zero-order chi connectivity index (χ0) is 14.5. The van der Waals surface area contributed by atoms with Gasteiger partial charge < -0.3 is 10.2 Å². The molecule has 1 aromatic carbocycles. The van der Waals surface area contributed by atoms with Crippen LogP contribution in [0.4, 0.5) is 0 Å². The Morgan fingerprint density at radius 1 is 1.30 bits per heavy atom. The number of carbonyl (C=O) groups excluding carboxylic acids is 2. The molecular weight excluding hydrogens is 252 g/mol. The lowest BCUT2D eigenvalue weighted by Crippen LogP contribution is -2.34. The highest BCUT2D eigenvalue weighted by molar-refractivity contribution is 5.78. The smallest absolute Gasteiger partial charge is 0.221 e. The van der Waals surface area contributed by atoms with Crippen molar-refractivity contribution in [3.8, 4) is 0 Å². The van der Waals surface area contributed by atoms with Crippen LogP contribution in [-0.2, 0) is 16.1 Å². The Hall–Kier alpha value is -1.84. The van der Waals surface area contributed by atoms with Crippen LogP contribution in [0, 0.1) is 6.92 Å². The summed E-state index contributed by atoms with van der Waals surface area (Å²) in [6.45, 7) is 4.63. The first kappa shape index (κ1) is 14.6. The summed E-state index contributed by atoms with van der Waals surface area (Å²) in [6, 6.07) is 8.40. The fourth-order valence-electron chi connectivity index (χ4n) is 2.10. The molecule has 20 heavy (non-hydrogen) atoms. The number of hydrogen-bond acceptors (Lipinski definition) is 2. The number of amides is 2. The molecule has 0 heterocycles. The van der Waals surface area contributed by atoms with Gasteiger partial charge in [0.1, 0.15) is 0 Å². The molecule has 0 atom stereocenters. The minimum atomic E-state index is 0.00692. The number of rotatable bonds is 6. The van der Waals surface area contributed by atoms with Crippen molar-refractivity contribution in [2.24, 2.45) is 0 Å². The fourth-order valence-corrected chi connectivity index (χ4v) is 2.10. The lowest BCUT2D eigenvalue weighted by atomic mass is 10.1. The molecular formula is C16H22N2O2. The zero-order valence-electron chi connectivity index (χ0n) is 12.2. The minimum Gasteiger partial charge on any atom is -0.353 e. The molecule has 4 nitrogen and oxygen atoms in total. The van der Waals surface area contributed by atoms with Crippen LogP contribution in [0.1, 0.15) is 37.3 Å². The molecule has 0 spiro atoms. The second-order valence-corrected chi connectivity index (χ2v) is 5.46. The highest BCUT2D eigenvalue weighted by atomic mass is 16.2. The van der Waals surface area contributed by atoms with Crippen molar-refractivity contribution in [2.45, 2.75) is 45.7 Å². The van der Waals surface area contributed by atoms with E-state index in [1.54, 1.807) is 11.8 Å². The first-order valence-corrected chi connectivity index (χ1v) is 7.15. The molecule has 0 aliphatic heterocycles. The van der Waals surface area contributed by atoms with Gasteiger partial charge in [0.05, 0.1) is 0 Å². The summed E-state index contributed by atoms with van der Waals surface area (Å²) < 4.78 is 0. The quantitative estimate of drug-likeness (QED) is 0.862. The third-order valence-corrected chi connectivity index (χ3v) is 3.62. The van der Waals surface area contributed by atoms with Gasteiger partial charge in [0.15, 0.2) is 0 Å². The van der Waals surface area contributed by atoms with E-state index in [0.29, 0.717) is 25.6 Å². The van der Waals surface area contributed by atoms with E-state index in [4.69, 9.17) is 0 Å². The Kier molecular flexibility index (Phi) is 4.77. The predicted octanol–water partition coefficient (Wildman–Crippen LogP) is 2.01. The summed E-state index contributed by atoms with van der Waals surface area (Å²) in [7, 11) is 0. The van der Waals surface area contributed by atoms with Gasteiger partial charge in [0.25, 0.3) is 0 Å². The van der Waals surface area contributed by atoms with Crippen LogP contribution in [0.15, 0.2) is 24.3 Å². The Morgan fingerprint density at radius 3 is 2.60 bits per heavy atom. The Balaban J connectivity index is 1.88.